The minimum absolute atomic E-state index is 0. The van der Waals surface area contributed by atoms with Crippen molar-refractivity contribution in [1.29, 1.82) is 0 Å². The van der Waals surface area contributed by atoms with Crippen LogP contribution in [-0.4, -0.2) is 74.7 Å². The molecule has 7 heteroatoms. The van der Waals surface area contributed by atoms with Crippen molar-refractivity contribution in [3.05, 3.63) is 0 Å². The Morgan fingerprint density at radius 3 is 2.67 bits per heavy atom. The fourth-order valence-electron chi connectivity index (χ4n) is 4.50. The lowest BCUT2D eigenvalue weighted by atomic mass is 9.67. The first-order valence-corrected chi connectivity index (χ1v) is 9.06. The van der Waals surface area contributed by atoms with Crippen LogP contribution in [0.5, 0.6) is 0 Å². The van der Waals surface area contributed by atoms with E-state index in [0.717, 1.165) is 65.4 Å². The zero-order valence-corrected chi connectivity index (χ0v) is 16.4. The van der Waals surface area contributed by atoms with Gasteiger partial charge in [0.1, 0.15) is 0 Å². The lowest BCUT2D eigenvalue weighted by molar-refractivity contribution is -0.147. The highest BCUT2D eigenvalue weighted by atomic mass is 35.5. The van der Waals surface area contributed by atoms with E-state index in [9.17, 15) is 4.79 Å². The number of carbonyl (C=O) groups is 1. The number of nitrogens with zero attached hydrogens (tertiary/aromatic N) is 2. The summed E-state index contributed by atoms with van der Waals surface area (Å²) < 4.78 is 5.43. The second kappa shape index (κ2) is 10.2. The molecule has 0 aromatic heterocycles. The number of hydrogen-bond donors (Lipinski definition) is 1. The summed E-state index contributed by atoms with van der Waals surface area (Å²) in [5.41, 5.74) is -0.0776. The largest absolute Gasteiger partial charge is 0.380 e. The van der Waals surface area contributed by atoms with Crippen LogP contribution >= 0.6 is 24.8 Å². The molecular formula is C17H33Cl2N3O2. The maximum absolute atomic E-state index is 13.2. The smallest absolute Gasteiger partial charge is 0.230 e. The molecule has 0 radical (unpaired) electrons. The molecule has 3 aliphatic rings. The van der Waals surface area contributed by atoms with Gasteiger partial charge in [-0.1, -0.05) is 12.8 Å². The molecule has 1 aliphatic carbocycles. The van der Waals surface area contributed by atoms with Crippen molar-refractivity contribution in [1.82, 2.24) is 15.1 Å². The summed E-state index contributed by atoms with van der Waals surface area (Å²) in [4.78, 5) is 17.7. The number of piperazine rings is 1. The molecule has 5 nitrogen and oxygen atoms in total. The number of halogens is 2. The molecule has 1 saturated carbocycles. The lowest BCUT2D eigenvalue weighted by Crippen LogP contribution is -2.56. The Labute approximate surface area is 158 Å². The molecule has 1 N–H and O–H groups in total. The lowest BCUT2D eigenvalue weighted by Gasteiger charge is -2.43. The zero-order valence-electron chi connectivity index (χ0n) is 14.8. The van der Waals surface area contributed by atoms with E-state index in [0.29, 0.717) is 11.8 Å². The Morgan fingerprint density at radius 1 is 1.21 bits per heavy atom. The predicted molar refractivity (Wildman–Crippen MR) is 101 cm³/mol. The molecule has 2 aliphatic heterocycles. The standard InChI is InChI=1S/C17H31N3O2.2ClH/c1-2-22-12-11-19-7-9-20(10-8-19)16(21)17-6-4-3-5-15(17)13-18-14-17;;/h15,18H,2-14H2,1H3;2*1H/t15-,17+;;/m0../s1. The van der Waals surface area contributed by atoms with Gasteiger partial charge in [0.05, 0.1) is 12.0 Å². The number of hydrogen-bond acceptors (Lipinski definition) is 4. The van der Waals surface area contributed by atoms with Crippen molar-refractivity contribution in [3.8, 4) is 0 Å². The Bertz CT molecular complexity index is 392. The first-order valence-electron chi connectivity index (χ1n) is 9.06. The van der Waals surface area contributed by atoms with Gasteiger partial charge in [-0.3, -0.25) is 9.69 Å². The molecule has 2 atom stereocenters. The molecule has 142 valence electrons. The average molecular weight is 382 g/mol. The second-order valence-electron chi connectivity index (χ2n) is 7.06. The van der Waals surface area contributed by atoms with Crippen LogP contribution in [0.2, 0.25) is 0 Å². The van der Waals surface area contributed by atoms with Gasteiger partial charge >= 0.3 is 0 Å². The molecule has 0 bridgehead atoms. The van der Waals surface area contributed by atoms with E-state index in [-0.39, 0.29) is 30.2 Å². The highest BCUT2D eigenvalue weighted by molar-refractivity contribution is 5.85. The highest BCUT2D eigenvalue weighted by Gasteiger charge is 2.51. The quantitative estimate of drug-likeness (QED) is 0.737. The fourth-order valence-corrected chi connectivity index (χ4v) is 4.50. The van der Waals surface area contributed by atoms with Gasteiger partial charge in [0.2, 0.25) is 5.91 Å². The van der Waals surface area contributed by atoms with Crippen molar-refractivity contribution in [2.45, 2.75) is 32.6 Å². The predicted octanol–water partition coefficient (Wildman–Crippen LogP) is 1.79. The van der Waals surface area contributed by atoms with Crippen LogP contribution in [-0.2, 0) is 9.53 Å². The van der Waals surface area contributed by atoms with Crippen LogP contribution in [0.15, 0.2) is 0 Å². The first kappa shape index (κ1) is 22.0. The Morgan fingerprint density at radius 2 is 1.96 bits per heavy atom. The maximum Gasteiger partial charge on any atom is 0.230 e. The van der Waals surface area contributed by atoms with Crippen molar-refractivity contribution < 1.29 is 9.53 Å². The number of ether oxygens (including phenoxy) is 1. The van der Waals surface area contributed by atoms with E-state index in [2.05, 4.69) is 15.1 Å². The van der Waals surface area contributed by atoms with E-state index in [1.54, 1.807) is 0 Å². The third-order valence-electron chi connectivity index (χ3n) is 5.88. The van der Waals surface area contributed by atoms with Crippen molar-refractivity contribution in [2.75, 3.05) is 59.0 Å². The van der Waals surface area contributed by atoms with Gasteiger partial charge in [-0.25, -0.2) is 0 Å². The summed E-state index contributed by atoms with van der Waals surface area (Å²) in [6.07, 6.45) is 4.84. The third-order valence-corrected chi connectivity index (χ3v) is 5.88. The second-order valence-corrected chi connectivity index (χ2v) is 7.06. The van der Waals surface area contributed by atoms with Gasteiger partial charge in [-0.05, 0) is 32.2 Å². The normalized spacial score (nSPS) is 30.2. The zero-order chi connectivity index (χ0) is 15.4. The summed E-state index contributed by atoms with van der Waals surface area (Å²) in [6, 6.07) is 0. The number of amides is 1. The van der Waals surface area contributed by atoms with E-state index in [4.69, 9.17) is 4.74 Å². The summed E-state index contributed by atoms with van der Waals surface area (Å²) >= 11 is 0. The Balaban J connectivity index is 0.00000144. The summed E-state index contributed by atoms with van der Waals surface area (Å²) in [5, 5.41) is 3.49. The molecule has 2 heterocycles. The number of fused-ring (bicyclic) bond motifs is 1. The maximum atomic E-state index is 13.2. The number of nitrogens with one attached hydrogen (secondary N) is 1. The van der Waals surface area contributed by atoms with Gasteiger partial charge in [0.25, 0.3) is 0 Å². The van der Waals surface area contributed by atoms with Crippen LogP contribution in [0, 0.1) is 11.3 Å². The van der Waals surface area contributed by atoms with Crippen molar-refractivity contribution >= 4 is 30.7 Å². The molecule has 0 aromatic rings. The van der Waals surface area contributed by atoms with Crippen LogP contribution in [0.25, 0.3) is 0 Å². The number of rotatable bonds is 5. The highest BCUT2D eigenvalue weighted by Crippen LogP contribution is 2.45. The molecule has 0 spiro atoms. The summed E-state index contributed by atoms with van der Waals surface area (Å²) in [5.74, 6) is 1.01. The minimum Gasteiger partial charge on any atom is -0.380 e. The van der Waals surface area contributed by atoms with Gasteiger partial charge in [0, 0.05) is 45.9 Å². The van der Waals surface area contributed by atoms with Crippen LogP contribution in [0.1, 0.15) is 32.6 Å². The van der Waals surface area contributed by atoms with Crippen molar-refractivity contribution in [3.63, 3.8) is 0 Å². The van der Waals surface area contributed by atoms with Gasteiger partial charge in [-0.15, -0.1) is 24.8 Å². The van der Waals surface area contributed by atoms with Crippen LogP contribution in [0.3, 0.4) is 0 Å². The van der Waals surface area contributed by atoms with Gasteiger partial charge in [-0.2, -0.15) is 0 Å². The van der Waals surface area contributed by atoms with E-state index < -0.39 is 0 Å². The van der Waals surface area contributed by atoms with E-state index in [1.807, 2.05) is 6.92 Å². The SMILES string of the molecule is CCOCCN1CCN(C(=O)[C@@]23CCCC[C@H]2CNC3)CC1.Cl.Cl. The molecule has 2 saturated heterocycles. The minimum atomic E-state index is -0.0776. The van der Waals surface area contributed by atoms with Crippen LogP contribution in [0.4, 0.5) is 0 Å². The van der Waals surface area contributed by atoms with Gasteiger partial charge < -0.3 is 15.0 Å². The van der Waals surface area contributed by atoms with Crippen molar-refractivity contribution in [2.24, 2.45) is 11.3 Å². The van der Waals surface area contributed by atoms with E-state index >= 15 is 0 Å². The third kappa shape index (κ3) is 4.55. The Hall–Kier alpha value is -0.0700. The molecule has 3 fully saturated rings. The molecular weight excluding hydrogens is 349 g/mol. The Kier molecular flexibility index (Phi) is 9.31. The fraction of sp³-hybridized carbons (Fsp3) is 0.941. The van der Waals surface area contributed by atoms with Gasteiger partial charge in [0.15, 0.2) is 0 Å². The molecule has 0 aromatic carbocycles. The first-order chi connectivity index (χ1) is 10.8. The summed E-state index contributed by atoms with van der Waals surface area (Å²) in [6.45, 7) is 10.3. The number of carbonyl (C=O) groups excluding carboxylic acids is 1. The monoisotopic (exact) mass is 381 g/mol. The summed E-state index contributed by atoms with van der Waals surface area (Å²) in [7, 11) is 0. The molecule has 0 unspecified atom stereocenters. The molecule has 3 rings (SSSR count). The van der Waals surface area contributed by atoms with E-state index in [1.165, 1.54) is 19.3 Å². The molecule has 1 amide bonds. The molecule has 24 heavy (non-hydrogen) atoms. The van der Waals surface area contributed by atoms with Crippen LogP contribution < -0.4 is 5.32 Å². The topological polar surface area (TPSA) is 44.8 Å². The average Bonchev–Trinajstić information content (AvgIpc) is 3.00.